The molecule has 0 radical (unpaired) electrons. The number of aromatic nitrogens is 2. The Morgan fingerprint density at radius 3 is 3.10 bits per heavy atom. The maximum Gasteiger partial charge on any atom is 0.229 e. The van der Waals surface area contributed by atoms with Gasteiger partial charge in [0, 0.05) is 25.7 Å². The van der Waals surface area contributed by atoms with E-state index in [0.29, 0.717) is 5.95 Å². The lowest BCUT2D eigenvalue weighted by atomic mass is 10.7. The van der Waals surface area contributed by atoms with E-state index in [2.05, 4.69) is 16.6 Å². The van der Waals surface area contributed by atoms with Gasteiger partial charge < -0.3 is 4.57 Å². The Morgan fingerprint density at radius 1 is 1.80 bits per heavy atom. The van der Waals surface area contributed by atoms with Crippen LogP contribution in [0.2, 0.25) is 0 Å². The Morgan fingerprint density at radius 2 is 2.60 bits per heavy atom. The van der Waals surface area contributed by atoms with Crippen LogP contribution in [0.3, 0.4) is 0 Å². The van der Waals surface area contributed by atoms with Crippen molar-refractivity contribution >= 4 is 12.2 Å². The third kappa shape index (κ3) is 1.31. The van der Waals surface area contributed by atoms with E-state index in [0.717, 1.165) is 0 Å². The van der Waals surface area contributed by atoms with Gasteiger partial charge in [0.1, 0.15) is 0 Å². The highest BCUT2D eigenvalue weighted by Gasteiger charge is 1.90. The van der Waals surface area contributed by atoms with Crippen molar-refractivity contribution in [1.82, 2.24) is 9.55 Å². The van der Waals surface area contributed by atoms with E-state index in [-0.39, 0.29) is 0 Å². The average Bonchev–Trinajstić information content (AvgIpc) is 2.31. The molecule has 1 rings (SSSR count). The molecule has 0 unspecified atom stereocenters. The number of nitrogens with zero attached hydrogens (tertiary/aromatic N) is 3. The van der Waals surface area contributed by atoms with E-state index in [1.165, 1.54) is 0 Å². The molecule has 52 valence electrons. The first kappa shape index (κ1) is 6.74. The lowest BCUT2D eigenvalue weighted by molar-refractivity contribution is 0.913. The molecule has 0 amide bonds. The Hall–Kier alpha value is -1.38. The Balaban J connectivity index is 2.83. The fraction of sp³-hybridized carbons (Fsp3) is 0.143. The van der Waals surface area contributed by atoms with Crippen LogP contribution in [0.5, 0.6) is 0 Å². The molecule has 0 saturated heterocycles. The number of allylic oxidation sites excluding steroid dienone is 1. The van der Waals surface area contributed by atoms with Crippen LogP contribution in [0.1, 0.15) is 0 Å². The van der Waals surface area contributed by atoms with E-state index in [1.807, 2.05) is 17.8 Å². The average molecular weight is 135 g/mol. The van der Waals surface area contributed by atoms with Crippen LogP contribution in [0.25, 0.3) is 0 Å². The third-order valence-corrected chi connectivity index (χ3v) is 1.09. The predicted molar refractivity (Wildman–Crippen MR) is 41.6 cm³/mol. The minimum absolute atomic E-state index is 0.694. The summed E-state index contributed by atoms with van der Waals surface area (Å²) in [4.78, 5) is 7.96. The van der Waals surface area contributed by atoms with Gasteiger partial charge in [-0.05, 0) is 0 Å². The quantitative estimate of drug-likeness (QED) is 0.562. The molecule has 0 aliphatic heterocycles. The van der Waals surface area contributed by atoms with E-state index in [4.69, 9.17) is 0 Å². The summed E-state index contributed by atoms with van der Waals surface area (Å²) in [7, 11) is 1.89. The largest absolute Gasteiger partial charge is 0.319 e. The minimum atomic E-state index is 0.694. The predicted octanol–water partition coefficient (Wildman–Crippen LogP) is 1.31. The van der Waals surface area contributed by atoms with Crippen molar-refractivity contribution in [2.45, 2.75) is 0 Å². The first-order chi connectivity index (χ1) is 4.84. The topological polar surface area (TPSA) is 30.2 Å². The van der Waals surface area contributed by atoms with Gasteiger partial charge in [-0.1, -0.05) is 12.7 Å². The summed E-state index contributed by atoms with van der Waals surface area (Å²) in [5.41, 5.74) is 0. The molecule has 0 saturated carbocycles. The summed E-state index contributed by atoms with van der Waals surface area (Å²) in [6, 6.07) is 0. The molecule has 1 aromatic heterocycles. The van der Waals surface area contributed by atoms with Gasteiger partial charge in [-0.2, -0.15) is 0 Å². The summed E-state index contributed by atoms with van der Waals surface area (Å²) in [6.45, 7) is 3.50. The second-order valence-electron chi connectivity index (χ2n) is 1.85. The van der Waals surface area contributed by atoms with Crippen LogP contribution < -0.4 is 0 Å². The van der Waals surface area contributed by atoms with Crippen LogP contribution in [0, 0.1) is 0 Å². The van der Waals surface area contributed by atoms with Crippen molar-refractivity contribution in [2.24, 2.45) is 12.0 Å². The first-order valence-electron chi connectivity index (χ1n) is 2.97. The van der Waals surface area contributed by atoms with Gasteiger partial charge >= 0.3 is 0 Å². The molecule has 1 heterocycles. The molecule has 0 aromatic carbocycles. The number of hydrogen-bond acceptors (Lipinski definition) is 2. The van der Waals surface area contributed by atoms with E-state index >= 15 is 0 Å². The van der Waals surface area contributed by atoms with Gasteiger partial charge in [-0.3, -0.25) is 0 Å². The lowest BCUT2D eigenvalue weighted by Crippen LogP contribution is -1.82. The molecule has 10 heavy (non-hydrogen) atoms. The molecular formula is C7H9N3. The molecule has 0 fully saturated rings. The van der Waals surface area contributed by atoms with E-state index in [9.17, 15) is 0 Å². The van der Waals surface area contributed by atoms with Crippen molar-refractivity contribution in [3.05, 3.63) is 25.0 Å². The molecule has 0 atom stereocenters. The van der Waals surface area contributed by atoms with Crippen molar-refractivity contribution in [3.8, 4) is 0 Å². The van der Waals surface area contributed by atoms with Crippen molar-refractivity contribution in [2.75, 3.05) is 0 Å². The smallest absolute Gasteiger partial charge is 0.229 e. The van der Waals surface area contributed by atoms with Gasteiger partial charge in [0.25, 0.3) is 0 Å². The zero-order valence-corrected chi connectivity index (χ0v) is 5.86. The summed E-state index contributed by atoms with van der Waals surface area (Å²) in [5, 5.41) is 0. The van der Waals surface area contributed by atoms with Gasteiger partial charge in [0.05, 0.1) is 0 Å². The van der Waals surface area contributed by atoms with Crippen LogP contribution >= 0.6 is 0 Å². The highest BCUT2D eigenvalue weighted by atomic mass is 15.1. The van der Waals surface area contributed by atoms with Crippen LogP contribution in [0.15, 0.2) is 30.0 Å². The number of aryl methyl sites for hydroxylation is 1. The fourth-order valence-corrected chi connectivity index (χ4v) is 0.602. The van der Waals surface area contributed by atoms with Crippen molar-refractivity contribution in [3.63, 3.8) is 0 Å². The Kier molecular flexibility index (Phi) is 1.99. The maximum absolute atomic E-state index is 3.99. The highest BCUT2D eigenvalue weighted by Crippen LogP contribution is 2.03. The first-order valence-corrected chi connectivity index (χ1v) is 2.97. The summed E-state index contributed by atoms with van der Waals surface area (Å²) in [6.07, 6.45) is 6.78. The lowest BCUT2D eigenvalue weighted by Gasteiger charge is -1.89. The van der Waals surface area contributed by atoms with E-state index in [1.54, 1.807) is 18.5 Å². The number of aliphatic imine (C=N–C) groups is 1. The van der Waals surface area contributed by atoms with Gasteiger partial charge in [0.15, 0.2) is 0 Å². The van der Waals surface area contributed by atoms with Crippen LogP contribution in [0.4, 0.5) is 5.95 Å². The fourth-order valence-electron chi connectivity index (χ4n) is 0.602. The van der Waals surface area contributed by atoms with E-state index < -0.39 is 0 Å². The van der Waals surface area contributed by atoms with Gasteiger partial charge in [-0.25, -0.2) is 9.98 Å². The Labute approximate surface area is 59.7 Å². The maximum atomic E-state index is 3.99. The number of hydrogen-bond donors (Lipinski definition) is 0. The molecule has 0 N–H and O–H groups in total. The SMILES string of the molecule is C=C/C=N\c1nccn1C. The zero-order chi connectivity index (χ0) is 7.40. The third-order valence-electron chi connectivity index (χ3n) is 1.09. The monoisotopic (exact) mass is 135 g/mol. The van der Waals surface area contributed by atoms with Gasteiger partial charge in [0.2, 0.25) is 5.95 Å². The summed E-state index contributed by atoms with van der Waals surface area (Å²) >= 11 is 0. The normalized spacial score (nSPS) is 10.5. The summed E-state index contributed by atoms with van der Waals surface area (Å²) in [5.74, 6) is 0.694. The second-order valence-corrected chi connectivity index (χ2v) is 1.85. The zero-order valence-electron chi connectivity index (χ0n) is 5.86. The molecule has 0 aliphatic rings. The number of imidazole rings is 1. The van der Waals surface area contributed by atoms with Crippen LogP contribution in [-0.4, -0.2) is 15.8 Å². The molecule has 3 heteroatoms. The standard InChI is InChI=1S/C7H9N3/c1-3-4-8-7-9-5-6-10(7)2/h3-6H,1H2,2H3/b8-4-. The van der Waals surface area contributed by atoms with Gasteiger partial charge in [-0.15, -0.1) is 0 Å². The number of rotatable bonds is 2. The molecule has 0 bridgehead atoms. The van der Waals surface area contributed by atoms with Crippen LogP contribution in [-0.2, 0) is 7.05 Å². The molecule has 0 aliphatic carbocycles. The molecular weight excluding hydrogens is 126 g/mol. The molecule has 3 nitrogen and oxygen atoms in total. The molecule has 0 spiro atoms. The van der Waals surface area contributed by atoms with Crippen molar-refractivity contribution < 1.29 is 0 Å². The summed E-state index contributed by atoms with van der Waals surface area (Å²) < 4.78 is 1.83. The molecule has 1 aromatic rings. The second kappa shape index (κ2) is 2.96. The van der Waals surface area contributed by atoms with Crippen molar-refractivity contribution in [1.29, 1.82) is 0 Å². The minimum Gasteiger partial charge on any atom is -0.319 e. The highest BCUT2D eigenvalue weighted by molar-refractivity contribution is 5.72. The Bertz CT molecular complexity index is 247.